The summed E-state index contributed by atoms with van der Waals surface area (Å²) in [4.78, 5) is 14.6. The molecule has 0 bridgehead atoms. The SMILES string of the molecule is O=C(c1ccccc1)c1c(C(F)(F)F)[nH]c2ccc(F)cc12. The summed E-state index contributed by atoms with van der Waals surface area (Å²) in [6.45, 7) is 0. The number of alkyl halides is 3. The second-order valence-electron chi connectivity index (χ2n) is 4.76. The standard InChI is InChI=1S/C16H9F4NO/c17-10-6-7-12-11(8-10)13(15(21-12)16(18,19)20)14(22)9-4-2-1-3-5-9/h1-8,21H. The molecule has 0 aliphatic carbocycles. The summed E-state index contributed by atoms with van der Waals surface area (Å²) in [6.07, 6.45) is -4.74. The van der Waals surface area contributed by atoms with Crippen molar-refractivity contribution < 1.29 is 22.4 Å². The largest absolute Gasteiger partial charge is 0.432 e. The van der Waals surface area contributed by atoms with Gasteiger partial charge in [-0.05, 0) is 18.2 Å². The van der Waals surface area contributed by atoms with E-state index in [2.05, 4.69) is 4.98 Å². The van der Waals surface area contributed by atoms with E-state index in [0.717, 1.165) is 12.1 Å². The molecular formula is C16H9F4NO. The van der Waals surface area contributed by atoms with Crippen LogP contribution in [-0.4, -0.2) is 10.8 Å². The van der Waals surface area contributed by atoms with Crippen molar-refractivity contribution in [3.63, 3.8) is 0 Å². The van der Waals surface area contributed by atoms with Crippen molar-refractivity contribution in [3.05, 3.63) is 71.2 Å². The third kappa shape index (κ3) is 2.36. The van der Waals surface area contributed by atoms with Gasteiger partial charge in [-0.3, -0.25) is 4.79 Å². The highest BCUT2D eigenvalue weighted by Crippen LogP contribution is 2.36. The van der Waals surface area contributed by atoms with Gasteiger partial charge in [0.1, 0.15) is 11.5 Å². The summed E-state index contributed by atoms with van der Waals surface area (Å²) in [7, 11) is 0. The number of carbonyl (C=O) groups is 1. The molecule has 2 nitrogen and oxygen atoms in total. The van der Waals surface area contributed by atoms with Crippen LogP contribution in [0, 0.1) is 5.82 Å². The summed E-state index contributed by atoms with van der Waals surface area (Å²) < 4.78 is 52.9. The zero-order valence-corrected chi connectivity index (χ0v) is 11.0. The molecular weight excluding hydrogens is 298 g/mol. The number of H-pyrrole nitrogens is 1. The van der Waals surface area contributed by atoms with Crippen LogP contribution in [0.1, 0.15) is 21.6 Å². The number of hydrogen-bond donors (Lipinski definition) is 1. The van der Waals surface area contributed by atoms with Gasteiger partial charge in [0, 0.05) is 16.5 Å². The van der Waals surface area contributed by atoms with Crippen LogP contribution in [-0.2, 0) is 6.18 Å². The summed E-state index contributed by atoms with van der Waals surface area (Å²) in [5, 5.41) is -0.0822. The van der Waals surface area contributed by atoms with Gasteiger partial charge in [-0.1, -0.05) is 30.3 Å². The third-order valence-corrected chi connectivity index (χ3v) is 3.31. The first-order valence-corrected chi connectivity index (χ1v) is 6.36. The Labute approximate surface area is 122 Å². The molecule has 6 heteroatoms. The lowest BCUT2D eigenvalue weighted by Crippen LogP contribution is -2.13. The van der Waals surface area contributed by atoms with Crippen LogP contribution < -0.4 is 0 Å². The van der Waals surface area contributed by atoms with Crippen molar-refractivity contribution in [2.75, 3.05) is 0 Å². The van der Waals surface area contributed by atoms with E-state index in [0.29, 0.717) is 0 Å². The van der Waals surface area contributed by atoms with Crippen LogP contribution in [0.15, 0.2) is 48.5 Å². The lowest BCUT2D eigenvalue weighted by Gasteiger charge is -2.07. The monoisotopic (exact) mass is 307 g/mol. The fourth-order valence-corrected chi connectivity index (χ4v) is 2.35. The van der Waals surface area contributed by atoms with Gasteiger partial charge < -0.3 is 4.98 Å². The van der Waals surface area contributed by atoms with Crippen LogP contribution in [0.4, 0.5) is 17.6 Å². The first-order chi connectivity index (χ1) is 10.4. The first kappa shape index (κ1) is 14.3. The topological polar surface area (TPSA) is 32.9 Å². The predicted molar refractivity (Wildman–Crippen MR) is 73.1 cm³/mol. The van der Waals surface area contributed by atoms with Crippen LogP contribution in [0.2, 0.25) is 0 Å². The molecule has 3 rings (SSSR count). The zero-order chi connectivity index (χ0) is 15.9. The lowest BCUT2D eigenvalue weighted by molar-refractivity contribution is -0.140. The Morgan fingerprint density at radius 2 is 1.68 bits per heavy atom. The second kappa shape index (κ2) is 4.98. The van der Waals surface area contributed by atoms with Crippen molar-refractivity contribution >= 4 is 16.7 Å². The van der Waals surface area contributed by atoms with Gasteiger partial charge in [-0.2, -0.15) is 13.2 Å². The Hall–Kier alpha value is -2.63. The van der Waals surface area contributed by atoms with E-state index >= 15 is 0 Å². The maximum absolute atomic E-state index is 13.4. The minimum atomic E-state index is -4.74. The maximum atomic E-state index is 13.4. The lowest BCUT2D eigenvalue weighted by atomic mass is 10.00. The maximum Gasteiger partial charge on any atom is 0.432 e. The Bertz CT molecular complexity index is 850. The Morgan fingerprint density at radius 3 is 2.32 bits per heavy atom. The van der Waals surface area contributed by atoms with Gasteiger partial charge in [0.15, 0.2) is 5.78 Å². The fraction of sp³-hybridized carbons (Fsp3) is 0.0625. The molecule has 0 amide bonds. The number of ketones is 1. The molecule has 2 aromatic carbocycles. The molecule has 3 aromatic rings. The van der Waals surface area contributed by atoms with E-state index < -0.39 is 29.0 Å². The average Bonchev–Trinajstić information content (AvgIpc) is 2.86. The van der Waals surface area contributed by atoms with Gasteiger partial charge in [0.2, 0.25) is 0 Å². The number of nitrogens with one attached hydrogen (secondary N) is 1. The number of rotatable bonds is 2. The summed E-state index contributed by atoms with van der Waals surface area (Å²) in [6, 6.07) is 10.7. The highest BCUT2D eigenvalue weighted by Gasteiger charge is 2.38. The van der Waals surface area contributed by atoms with Crippen LogP contribution in [0.25, 0.3) is 10.9 Å². The summed E-state index contributed by atoms with van der Waals surface area (Å²) >= 11 is 0. The van der Waals surface area contributed by atoms with E-state index in [1.165, 1.54) is 18.2 Å². The van der Waals surface area contributed by atoms with E-state index in [9.17, 15) is 22.4 Å². The number of aromatic amines is 1. The van der Waals surface area contributed by atoms with Gasteiger partial charge in [0.05, 0.1) is 5.56 Å². The van der Waals surface area contributed by atoms with Crippen molar-refractivity contribution in [3.8, 4) is 0 Å². The number of hydrogen-bond acceptors (Lipinski definition) is 1. The zero-order valence-electron chi connectivity index (χ0n) is 11.0. The Morgan fingerprint density at radius 1 is 1.00 bits per heavy atom. The molecule has 0 saturated heterocycles. The van der Waals surface area contributed by atoms with E-state index in [1.807, 2.05) is 0 Å². The number of aromatic nitrogens is 1. The summed E-state index contributed by atoms with van der Waals surface area (Å²) in [5.41, 5.74) is -1.55. The number of halogens is 4. The van der Waals surface area contributed by atoms with Crippen molar-refractivity contribution in [1.29, 1.82) is 0 Å². The Balaban J connectivity index is 2.30. The molecule has 1 aromatic heterocycles. The summed E-state index contributed by atoms with van der Waals surface area (Å²) in [5.74, 6) is -1.51. The molecule has 0 atom stereocenters. The van der Waals surface area contributed by atoms with Crippen molar-refractivity contribution in [2.45, 2.75) is 6.18 Å². The van der Waals surface area contributed by atoms with Gasteiger partial charge in [-0.25, -0.2) is 4.39 Å². The van der Waals surface area contributed by atoms with E-state index in [-0.39, 0.29) is 16.5 Å². The smallest absolute Gasteiger partial charge is 0.350 e. The minimum absolute atomic E-state index is 0.0630. The number of benzene rings is 2. The fourth-order valence-electron chi connectivity index (χ4n) is 2.35. The molecule has 0 saturated carbocycles. The third-order valence-electron chi connectivity index (χ3n) is 3.31. The molecule has 112 valence electrons. The van der Waals surface area contributed by atoms with Crippen molar-refractivity contribution in [2.24, 2.45) is 0 Å². The highest BCUT2D eigenvalue weighted by molar-refractivity contribution is 6.17. The van der Waals surface area contributed by atoms with Gasteiger partial charge >= 0.3 is 6.18 Å². The Kier molecular flexibility index (Phi) is 3.24. The van der Waals surface area contributed by atoms with E-state index in [4.69, 9.17) is 0 Å². The number of carbonyl (C=O) groups excluding carboxylic acids is 1. The number of fused-ring (bicyclic) bond motifs is 1. The van der Waals surface area contributed by atoms with Gasteiger partial charge in [0.25, 0.3) is 0 Å². The van der Waals surface area contributed by atoms with Gasteiger partial charge in [-0.15, -0.1) is 0 Å². The molecule has 0 fully saturated rings. The molecule has 22 heavy (non-hydrogen) atoms. The molecule has 0 radical (unpaired) electrons. The van der Waals surface area contributed by atoms with Crippen LogP contribution in [0.3, 0.4) is 0 Å². The quantitative estimate of drug-likeness (QED) is 0.546. The average molecular weight is 307 g/mol. The highest BCUT2D eigenvalue weighted by atomic mass is 19.4. The molecule has 1 heterocycles. The molecule has 0 aliphatic rings. The second-order valence-corrected chi connectivity index (χ2v) is 4.76. The van der Waals surface area contributed by atoms with Crippen molar-refractivity contribution in [1.82, 2.24) is 4.98 Å². The minimum Gasteiger partial charge on any atom is -0.350 e. The predicted octanol–water partition coefficient (Wildman–Crippen LogP) is 4.56. The first-order valence-electron chi connectivity index (χ1n) is 6.36. The molecule has 0 spiro atoms. The molecule has 1 N–H and O–H groups in total. The van der Waals surface area contributed by atoms with Crippen LogP contribution >= 0.6 is 0 Å². The molecule has 0 unspecified atom stereocenters. The van der Waals surface area contributed by atoms with E-state index in [1.54, 1.807) is 18.2 Å². The normalized spacial score (nSPS) is 11.8. The molecule has 0 aliphatic heterocycles. The van der Waals surface area contributed by atoms with Crippen LogP contribution in [0.5, 0.6) is 0 Å².